The van der Waals surface area contributed by atoms with Crippen LogP contribution in [-0.2, 0) is 9.59 Å². The summed E-state index contributed by atoms with van der Waals surface area (Å²) in [6.07, 6.45) is 3.69. The SMILES string of the molecule is CCC1CCNC(C(=O)N[C@H](C(=O)O)[C@@H](C)CC)C1. The number of hydrogen-bond acceptors (Lipinski definition) is 3. The Morgan fingerprint density at radius 1 is 1.42 bits per heavy atom. The van der Waals surface area contributed by atoms with Crippen LogP contribution in [0.4, 0.5) is 0 Å². The Bertz CT molecular complexity index is 320. The van der Waals surface area contributed by atoms with E-state index in [2.05, 4.69) is 17.6 Å². The van der Waals surface area contributed by atoms with Crippen molar-refractivity contribution in [2.24, 2.45) is 11.8 Å². The molecule has 0 aliphatic carbocycles. The van der Waals surface area contributed by atoms with E-state index in [1.165, 1.54) is 0 Å². The van der Waals surface area contributed by atoms with Crippen LogP contribution in [0.25, 0.3) is 0 Å². The molecule has 0 bridgehead atoms. The van der Waals surface area contributed by atoms with E-state index in [9.17, 15) is 14.7 Å². The van der Waals surface area contributed by atoms with Gasteiger partial charge >= 0.3 is 5.97 Å². The molecule has 5 heteroatoms. The quantitative estimate of drug-likeness (QED) is 0.681. The number of carbonyl (C=O) groups excluding carboxylic acids is 1. The van der Waals surface area contributed by atoms with E-state index in [1.807, 2.05) is 13.8 Å². The molecule has 2 unspecified atom stereocenters. The number of amides is 1. The second kappa shape index (κ2) is 7.48. The minimum Gasteiger partial charge on any atom is -0.480 e. The molecule has 0 saturated carbocycles. The normalized spacial score (nSPS) is 26.5. The summed E-state index contributed by atoms with van der Waals surface area (Å²) in [5.74, 6) is -0.632. The molecule has 5 nitrogen and oxygen atoms in total. The highest BCUT2D eigenvalue weighted by Crippen LogP contribution is 2.19. The third-order valence-electron chi connectivity index (χ3n) is 4.18. The molecule has 0 radical (unpaired) electrons. The average molecular weight is 270 g/mol. The van der Waals surface area contributed by atoms with Crippen LogP contribution in [0.15, 0.2) is 0 Å². The Hall–Kier alpha value is -1.10. The Balaban J connectivity index is 2.58. The second-order valence-corrected chi connectivity index (χ2v) is 5.52. The van der Waals surface area contributed by atoms with Gasteiger partial charge in [-0.25, -0.2) is 4.79 Å². The monoisotopic (exact) mass is 270 g/mol. The molecule has 0 aromatic heterocycles. The predicted molar refractivity (Wildman–Crippen MR) is 73.8 cm³/mol. The Labute approximate surface area is 115 Å². The minimum absolute atomic E-state index is 0.0630. The number of hydrogen-bond donors (Lipinski definition) is 3. The van der Waals surface area contributed by atoms with Crippen LogP contribution >= 0.6 is 0 Å². The molecule has 1 fully saturated rings. The fraction of sp³-hybridized carbons (Fsp3) is 0.857. The largest absolute Gasteiger partial charge is 0.480 e. The lowest BCUT2D eigenvalue weighted by Gasteiger charge is -2.30. The van der Waals surface area contributed by atoms with E-state index >= 15 is 0 Å². The molecule has 1 amide bonds. The highest BCUT2D eigenvalue weighted by molar-refractivity contribution is 5.87. The van der Waals surface area contributed by atoms with Crippen LogP contribution in [0.1, 0.15) is 46.5 Å². The molecule has 0 aromatic rings. The standard InChI is InChI=1S/C14H26N2O3/c1-4-9(3)12(14(18)19)16-13(17)11-8-10(5-2)6-7-15-11/h9-12,15H,4-8H2,1-3H3,(H,16,17)(H,18,19)/t9-,10?,11?,12-/m0/s1. The number of carbonyl (C=O) groups is 2. The van der Waals surface area contributed by atoms with Crippen molar-refractivity contribution in [2.45, 2.75) is 58.5 Å². The van der Waals surface area contributed by atoms with Gasteiger partial charge in [0.25, 0.3) is 0 Å². The van der Waals surface area contributed by atoms with Crippen molar-refractivity contribution in [1.29, 1.82) is 0 Å². The van der Waals surface area contributed by atoms with Crippen molar-refractivity contribution in [2.75, 3.05) is 6.54 Å². The molecule has 1 saturated heterocycles. The summed E-state index contributed by atoms with van der Waals surface area (Å²) < 4.78 is 0. The van der Waals surface area contributed by atoms with Crippen LogP contribution < -0.4 is 10.6 Å². The number of carboxylic acid groups (broad SMARTS) is 1. The molecule has 19 heavy (non-hydrogen) atoms. The summed E-state index contributed by atoms with van der Waals surface area (Å²) >= 11 is 0. The van der Waals surface area contributed by atoms with Gasteiger partial charge in [-0.3, -0.25) is 4.79 Å². The van der Waals surface area contributed by atoms with E-state index in [0.717, 1.165) is 32.2 Å². The molecule has 0 spiro atoms. The summed E-state index contributed by atoms with van der Waals surface area (Å²) in [7, 11) is 0. The number of nitrogens with one attached hydrogen (secondary N) is 2. The van der Waals surface area contributed by atoms with Gasteiger partial charge in [-0.2, -0.15) is 0 Å². The fourth-order valence-electron chi connectivity index (χ4n) is 2.50. The first-order chi connectivity index (χ1) is 8.99. The minimum atomic E-state index is -0.953. The summed E-state index contributed by atoms with van der Waals surface area (Å²) in [4.78, 5) is 23.4. The van der Waals surface area contributed by atoms with Gasteiger partial charge in [0.2, 0.25) is 5.91 Å². The summed E-state index contributed by atoms with van der Waals surface area (Å²) in [6, 6.07) is -1.04. The summed E-state index contributed by atoms with van der Waals surface area (Å²) in [5, 5.41) is 15.0. The van der Waals surface area contributed by atoms with Gasteiger partial charge in [-0.1, -0.05) is 33.6 Å². The van der Waals surface area contributed by atoms with Gasteiger partial charge < -0.3 is 15.7 Å². The topological polar surface area (TPSA) is 78.4 Å². The van der Waals surface area contributed by atoms with Crippen molar-refractivity contribution < 1.29 is 14.7 Å². The molecular weight excluding hydrogens is 244 g/mol. The van der Waals surface area contributed by atoms with Crippen LogP contribution in [0.2, 0.25) is 0 Å². The van der Waals surface area contributed by atoms with Gasteiger partial charge in [0.05, 0.1) is 6.04 Å². The Morgan fingerprint density at radius 3 is 2.63 bits per heavy atom. The molecule has 110 valence electrons. The smallest absolute Gasteiger partial charge is 0.326 e. The van der Waals surface area contributed by atoms with Crippen LogP contribution in [0.5, 0.6) is 0 Å². The zero-order valence-electron chi connectivity index (χ0n) is 12.1. The third-order valence-corrected chi connectivity index (χ3v) is 4.18. The van der Waals surface area contributed by atoms with Gasteiger partial charge in [0.15, 0.2) is 0 Å². The van der Waals surface area contributed by atoms with Crippen molar-refractivity contribution in [3.63, 3.8) is 0 Å². The predicted octanol–water partition coefficient (Wildman–Crippen LogP) is 1.38. The van der Waals surface area contributed by atoms with E-state index in [-0.39, 0.29) is 17.9 Å². The third kappa shape index (κ3) is 4.49. The zero-order valence-corrected chi connectivity index (χ0v) is 12.1. The van der Waals surface area contributed by atoms with E-state index in [4.69, 9.17) is 0 Å². The molecule has 4 atom stereocenters. The first kappa shape index (κ1) is 16.0. The molecule has 3 N–H and O–H groups in total. The maximum atomic E-state index is 12.2. The summed E-state index contributed by atoms with van der Waals surface area (Å²) in [5.41, 5.74) is 0. The maximum absolute atomic E-state index is 12.2. The van der Waals surface area contributed by atoms with Crippen LogP contribution in [0.3, 0.4) is 0 Å². The van der Waals surface area contributed by atoms with Gasteiger partial charge in [-0.15, -0.1) is 0 Å². The van der Waals surface area contributed by atoms with Gasteiger partial charge in [0, 0.05) is 0 Å². The summed E-state index contributed by atoms with van der Waals surface area (Å²) in [6.45, 7) is 6.74. The Morgan fingerprint density at radius 2 is 2.11 bits per heavy atom. The number of carboxylic acids is 1. The molecule has 1 rings (SSSR count). The van der Waals surface area contributed by atoms with Gasteiger partial charge in [-0.05, 0) is 31.2 Å². The van der Waals surface area contributed by atoms with E-state index in [0.29, 0.717) is 5.92 Å². The number of rotatable bonds is 6. The lowest BCUT2D eigenvalue weighted by atomic mass is 9.89. The lowest BCUT2D eigenvalue weighted by molar-refractivity contribution is -0.143. The number of aliphatic carboxylic acids is 1. The first-order valence-electron chi connectivity index (χ1n) is 7.26. The van der Waals surface area contributed by atoms with Crippen LogP contribution in [0, 0.1) is 11.8 Å². The van der Waals surface area contributed by atoms with Crippen molar-refractivity contribution in [1.82, 2.24) is 10.6 Å². The van der Waals surface area contributed by atoms with Crippen LogP contribution in [-0.4, -0.2) is 35.6 Å². The molecule has 1 aliphatic heterocycles. The molecule has 1 heterocycles. The Kier molecular flexibility index (Phi) is 6.28. The second-order valence-electron chi connectivity index (χ2n) is 5.52. The highest BCUT2D eigenvalue weighted by Gasteiger charge is 2.31. The molecule has 1 aliphatic rings. The number of piperidine rings is 1. The molecule has 0 aromatic carbocycles. The zero-order chi connectivity index (χ0) is 14.4. The highest BCUT2D eigenvalue weighted by atomic mass is 16.4. The maximum Gasteiger partial charge on any atom is 0.326 e. The molecular formula is C14H26N2O3. The first-order valence-corrected chi connectivity index (χ1v) is 7.26. The fourth-order valence-corrected chi connectivity index (χ4v) is 2.50. The van der Waals surface area contributed by atoms with E-state index in [1.54, 1.807) is 0 Å². The van der Waals surface area contributed by atoms with Crippen molar-refractivity contribution in [3.8, 4) is 0 Å². The van der Waals surface area contributed by atoms with Gasteiger partial charge in [0.1, 0.15) is 6.04 Å². The average Bonchev–Trinajstić information content (AvgIpc) is 2.43. The van der Waals surface area contributed by atoms with Crippen molar-refractivity contribution in [3.05, 3.63) is 0 Å². The van der Waals surface area contributed by atoms with E-state index < -0.39 is 12.0 Å². The lowest BCUT2D eigenvalue weighted by Crippen LogP contribution is -2.54. The van der Waals surface area contributed by atoms with Crippen molar-refractivity contribution >= 4 is 11.9 Å².